The lowest BCUT2D eigenvalue weighted by Gasteiger charge is -2.07. The Labute approximate surface area is 86.8 Å². The third kappa shape index (κ3) is 1.80. The number of amides is 1. The van der Waals surface area contributed by atoms with E-state index in [4.69, 9.17) is 0 Å². The summed E-state index contributed by atoms with van der Waals surface area (Å²) in [5.74, 6) is 0.618. The van der Waals surface area contributed by atoms with Crippen molar-refractivity contribution in [1.29, 1.82) is 0 Å². The van der Waals surface area contributed by atoms with E-state index in [1.807, 2.05) is 30.3 Å². The average Bonchev–Trinajstić information content (AvgIpc) is 2.52. The summed E-state index contributed by atoms with van der Waals surface area (Å²) in [6.07, 6.45) is 0. The van der Waals surface area contributed by atoms with Crippen molar-refractivity contribution in [1.82, 2.24) is 4.90 Å². The van der Waals surface area contributed by atoms with Crippen molar-refractivity contribution in [2.45, 2.75) is 0 Å². The molecule has 2 rings (SSSR count). The normalized spacial score (nSPS) is 19.4. The first-order chi connectivity index (χ1) is 6.77. The van der Waals surface area contributed by atoms with E-state index in [1.54, 1.807) is 11.9 Å². The monoisotopic (exact) mass is 206 g/mol. The SMILES string of the molecule is CN1C(=O)CSC1=Nc1ccccc1. The Hall–Kier alpha value is -1.29. The maximum Gasteiger partial charge on any atom is 0.238 e. The first-order valence-corrected chi connectivity index (χ1v) is 5.29. The van der Waals surface area contributed by atoms with Gasteiger partial charge >= 0.3 is 0 Å². The van der Waals surface area contributed by atoms with Gasteiger partial charge in [-0.3, -0.25) is 9.69 Å². The third-order valence-corrected chi connectivity index (χ3v) is 2.98. The molecular formula is C10H10N2OS. The molecule has 1 aliphatic rings. The number of hydrogen-bond donors (Lipinski definition) is 0. The molecule has 1 saturated heterocycles. The van der Waals surface area contributed by atoms with Gasteiger partial charge in [0.1, 0.15) is 0 Å². The smallest absolute Gasteiger partial charge is 0.238 e. The molecule has 4 heteroatoms. The van der Waals surface area contributed by atoms with E-state index in [9.17, 15) is 4.79 Å². The highest BCUT2D eigenvalue weighted by Crippen LogP contribution is 2.21. The Bertz CT molecular complexity index is 375. The molecule has 1 amide bonds. The fourth-order valence-electron chi connectivity index (χ4n) is 1.15. The molecule has 0 spiro atoms. The summed E-state index contributed by atoms with van der Waals surface area (Å²) in [4.78, 5) is 17.2. The van der Waals surface area contributed by atoms with E-state index >= 15 is 0 Å². The molecule has 14 heavy (non-hydrogen) atoms. The van der Waals surface area contributed by atoms with Crippen molar-refractivity contribution in [2.24, 2.45) is 4.99 Å². The first kappa shape index (κ1) is 9.27. The number of benzene rings is 1. The number of aliphatic imine (C=N–C) groups is 1. The Kier molecular flexibility index (Phi) is 2.54. The molecular weight excluding hydrogens is 196 g/mol. The molecule has 0 unspecified atom stereocenters. The zero-order chi connectivity index (χ0) is 9.97. The van der Waals surface area contributed by atoms with Crippen molar-refractivity contribution in [2.75, 3.05) is 12.8 Å². The quantitative estimate of drug-likeness (QED) is 0.702. The number of rotatable bonds is 1. The third-order valence-electron chi connectivity index (χ3n) is 1.97. The molecule has 1 fully saturated rings. The summed E-state index contributed by atoms with van der Waals surface area (Å²) in [7, 11) is 1.75. The van der Waals surface area contributed by atoms with Crippen LogP contribution in [0.4, 0.5) is 5.69 Å². The average molecular weight is 206 g/mol. The van der Waals surface area contributed by atoms with Crippen LogP contribution in [-0.2, 0) is 4.79 Å². The molecule has 0 atom stereocenters. The highest BCUT2D eigenvalue weighted by Gasteiger charge is 2.23. The van der Waals surface area contributed by atoms with Gasteiger partial charge in [-0.2, -0.15) is 0 Å². The van der Waals surface area contributed by atoms with Gasteiger partial charge in [0, 0.05) is 7.05 Å². The molecule has 0 bridgehead atoms. The maximum absolute atomic E-state index is 11.2. The van der Waals surface area contributed by atoms with Crippen molar-refractivity contribution in [3.8, 4) is 0 Å². The molecule has 0 aromatic heterocycles. The van der Waals surface area contributed by atoms with E-state index in [0.717, 1.165) is 10.9 Å². The lowest BCUT2D eigenvalue weighted by Crippen LogP contribution is -2.24. The van der Waals surface area contributed by atoms with Crippen LogP contribution in [0.25, 0.3) is 0 Å². The van der Waals surface area contributed by atoms with E-state index in [1.165, 1.54) is 11.8 Å². The Morgan fingerprint density at radius 3 is 2.64 bits per heavy atom. The zero-order valence-electron chi connectivity index (χ0n) is 7.80. The number of para-hydroxylation sites is 1. The predicted octanol–water partition coefficient (Wildman–Crippen LogP) is 1.88. The number of nitrogens with zero attached hydrogens (tertiary/aromatic N) is 2. The minimum Gasteiger partial charge on any atom is -0.294 e. The van der Waals surface area contributed by atoms with Crippen LogP contribution in [0, 0.1) is 0 Å². The lowest BCUT2D eigenvalue weighted by molar-refractivity contribution is -0.123. The molecule has 72 valence electrons. The van der Waals surface area contributed by atoms with E-state index in [2.05, 4.69) is 4.99 Å². The summed E-state index contributed by atoms with van der Waals surface area (Å²) in [6.45, 7) is 0. The van der Waals surface area contributed by atoms with Gasteiger partial charge in [0.2, 0.25) is 5.91 Å². The van der Waals surface area contributed by atoms with Gasteiger partial charge in [-0.05, 0) is 12.1 Å². The highest BCUT2D eigenvalue weighted by molar-refractivity contribution is 8.15. The van der Waals surface area contributed by atoms with Crippen LogP contribution in [-0.4, -0.2) is 28.8 Å². The second kappa shape index (κ2) is 3.84. The van der Waals surface area contributed by atoms with Crippen LogP contribution in [0.5, 0.6) is 0 Å². The van der Waals surface area contributed by atoms with Gasteiger partial charge in [-0.25, -0.2) is 4.99 Å². The van der Waals surface area contributed by atoms with E-state index in [0.29, 0.717) is 5.75 Å². The molecule has 0 saturated carbocycles. The van der Waals surface area contributed by atoms with Crippen LogP contribution in [0.1, 0.15) is 0 Å². The van der Waals surface area contributed by atoms with Gasteiger partial charge < -0.3 is 0 Å². The van der Waals surface area contributed by atoms with Crippen LogP contribution in [0.15, 0.2) is 35.3 Å². The summed E-state index contributed by atoms with van der Waals surface area (Å²) < 4.78 is 0. The summed E-state index contributed by atoms with van der Waals surface area (Å²) >= 11 is 1.48. The minimum absolute atomic E-state index is 0.115. The second-order valence-corrected chi connectivity index (χ2v) is 3.91. The van der Waals surface area contributed by atoms with Crippen LogP contribution >= 0.6 is 11.8 Å². The number of carbonyl (C=O) groups is 1. The first-order valence-electron chi connectivity index (χ1n) is 4.30. The van der Waals surface area contributed by atoms with Crippen molar-refractivity contribution in [3.63, 3.8) is 0 Å². The summed E-state index contributed by atoms with van der Waals surface area (Å²) in [5, 5.41) is 0.779. The van der Waals surface area contributed by atoms with Crippen molar-refractivity contribution >= 4 is 28.5 Å². The highest BCUT2D eigenvalue weighted by atomic mass is 32.2. The van der Waals surface area contributed by atoms with Crippen molar-refractivity contribution in [3.05, 3.63) is 30.3 Å². The summed E-state index contributed by atoms with van der Waals surface area (Å²) in [6, 6.07) is 9.65. The van der Waals surface area contributed by atoms with Gasteiger partial charge in [-0.15, -0.1) is 0 Å². The Morgan fingerprint density at radius 2 is 2.07 bits per heavy atom. The van der Waals surface area contributed by atoms with Gasteiger partial charge in [0.15, 0.2) is 5.17 Å². The minimum atomic E-state index is 0.115. The molecule has 0 N–H and O–H groups in total. The van der Waals surface area contributed by atoms with E-state index in [-0.39, 0.29) is 5.91 Å². The van der Waals surface area contributed by atoms with Crippen molar-refractivity contribution < 1.29 is 4.79 Å². The molecule has 0 radical (unpaired) electrons. The topological polar surface area (TPSA) is 32.7 Å². The van der Waals surface area contributed by atoms with Gasteiger partial charge in [0.25, 0.3) is 0 Å². The molecule has 1 aromatic carbocycles. The van der Waals surface area contributed by atoms with E-state index < -0.39 is 0 Å². The van der Waals surface area contributed by atoms with Crippen LogP contribution in [0.2, 0.25) is 0 Å². The summed E-state index contributed by atoms with van der Waals surface area (Å²) in [5.41, 5.74) is 0.886. The zero-order valence-corrected chi connectivity index (χ0v) is 8.62. The molecule has 0 aliphatic carbocycles. The predicted molar refractivity (Wildman–Crippen MR) is 58.8 cm³/mol. The fraction of sp³-hybridized carbons (Fsp3) is 0.200. The standard InChI is InChI=1S/C10H10N2OS/c1-12-9(13)7-14-10(12)11-8-5-3-2-4-6-8/h2-6H,7H2,1H3. The number of hydrogen-bond acceptors (Lipinski definition) is 3. The number of amidine groups is 1. The Balaban J connectivity index is 2.24. The van der Waals surface area contributed by atoms with Gasteiger partial charge in [0.05, 0.1) is 11.4 Å². The Morgan fingerprint density at radius 1 is 1.36 bits per heavy atom. The molecule has 3 nitrogen and oxygen atoms in total. The van der Waals surface area contributed by atoms with Gasteiger partial charge in [-0.1, -0.05) is 30.0 Å². The van der Waals surface area contributed by atoms with Crippen LogP contribution in [0.3, 0.4) is 0 Å². The maximum atomic E-state index is 11.2. The fourth-order valence-corrected chi connectivity index (χ4v) is 2.06. The molecule has 1 aliphatic heterocycles. The molecule has 1 aromatic rings. The van der Waals surface area contributed by atoms with Crippen LogP contribution < -0.4 is 0 Å². The molecule has 1 heterocycles. The number of thioether (sulfide) groups is 1. The largest absolute Gasteiger partial charge is 0.294 e. The lowest BCUT2D eigenvalue weighted by atomic mass is 10.3. The number of carbonyl (C=O) groups excluding carboxylic acids is 1. The second-order valence-electron chi connectivity index (χ2n) is 2.97.